The fourth-order valence-electron chi connectivity index (χ4n) is 2.37. The molecule has 2 atom stereocenters. The van der Waals surface area contributed by atoms with E-state index in [0.29, 0.717) is 13.0 Å². The summed E-state index contributed by atoms with van der Waals surface area (Å²) in [4.78, 5) is 35.2. The summed E-state index contributed by atoms with van der Waals surface area (Å²) in [6.07, 6.45) is 2.31. The normalized spacial score (nSPS) is 22.9. The third-order valence-corrected chi connectivity index (χ3v) is 4.01. The molecule has 1 saturated heterocycles. The van der Waals surface area contributed by atoms with Crippen LogP contribution in [0, 0.1) is 11.3 Å². The molecule has 6 heteroatoms. The average Bonchev–Trinajstić information content (AvgIpc) is 2.40. The highest BCUT2D eigenvalue weighted by molar-refractivity contribution is 5.90. The van der Waals surface area contributed by atoms with Gasteiger partial charge in [0, 0.05) is 17.8 Å². The molecule has 0 aromatic heterocycles. The first-order chi connectivity index (χ1) is 9.77. The summed E-state index contributed by atoms with van der Waals surface area (Å²) >= 11 is 0. The van der Waals surface area contributed by atoms with E-state index in [2.05, 4.69) is 5.32 Å². The largest absolute Gasteiger partial charge is 0.373 e. The van der Waals surface area contributed by atoms with Gasteiger partial charge in [-0.2, -0.15) is 0 Å². The highest BCUT2D eigenvalue weighted by Crippen LogP contribution is 2.22. The lowest BCUT2D eigenvalue weighted by Crippen LogP contribution is -2.52. The van der Waals surface area contributed by atoms with E-state index >= 15 is 0 Å². The fourth-order valence-corrected chi connectivity index (χ4v) is 2.37. The van der Waals surface area contributed by atoms with Gasteiger partial charge in [0.1, 0.15) is 6.61 Å². The van der Waals surface area contributed by atoms with E-state index in [0.717, 1.165) is 12.8 Å². The molecule has 0 spiro atoms. The van der Waals surface area contributed by atoms with Gasteiger partial charge >= 0.3 is 0 Å². The van der Waals surface area contributed by atoms with Crippen LogP contribution in [0.15, 0.2) is 0 Å². The first-order valence-corrected chi connectivity index (χ1v) is 7.47. The lowest BCUT2D eigenvalue weighted by atomic mass is 9.86. The van der Waals surface area contributed by atoms with E-state index in [9.17, 15) is 14.4 Å². The number of carbonyl (C=O) groups is 3. The van der Waals surface area contributed by atoms with Crippen molar-refractivity contribution in [1.29, 1.82) is 0 Å². The summed E-state index contributed by atoms with van der Waals surface area (Å²) in [5, 5.41) is 2.79. The van der Waals surface area contributed by atoms with Gasteiger partial charge in [-0.25, -0.2) is 0 Å². The molecule has 0 bridgehead atoms. The molecule has 21 heavy (non-hydrogen) atoms. The van der Waals surface area contributed by atoms with Crippen LogP contribution in [0.5, 0.6) is 0 Å². The van der Waals surface area contributed by atoms with Crippen molar-refractivity contribution in [1.82, 2.24) is 5.32 Å². The SMILES string of the molecule is CCCC1COCC(=O)C1NC(=O)CCC(C)(C)C(N)=O. The first-order valence-electron chi connectivity index (χ1n) is 7.47. The van der Waals surface area contributed by atoms with Crippen molar-refractivity contribution in [2.24, 2.45) is 17.1 Å². The van der Waals surface area contributed by atoms with E-state index < -0.39 is 17.4 Å². The van der Waals surface area contributed by atoms with Crippen LogP contribution in [0.3, 0.4) is 0 Å². The van der Waals surface area contributed by atoms with Gasteiger partial charge in [0.05, 0.1) is 12.6 Å². The number of rotatable bonds is 7. The predicted octanol–water partition coefficient (Wildman–Crippen LogP) is 0.779. The fraction of sp³-hybridized carbons (Fsp3) is 0.800. The zero-order valence-electron chi connectivity index (χ0n) is 13.1. The molecule has 1 aliphatic rings. The van der Waals surface area contributed by atoms with Gasteiger partial charge in [-0.15, -0.1) is 0 Å². The Morgan fingerprint density at radius 3 is 2.67 bits per heavy atom. The number of nitrogens with two attached hydrogens (primary N) is 1. The Morgan fingerprint density at radius 1 is 1.43 bits per heavy atom. The van der Waals surface area contributed by atoms with Gasteiger partial charge in [0.15, 0.2) is 5.78 Å². The van der Waals surface area contributed by atoms with Crippen LogP contribution in [-0.4, -0.2) is 36.9 Å². The van der Waals surface area contributed by atoms with Crippen LogP contribution in [-0.2, 0) is 19.1 Å². The summed E-state index contributed by atoms with van der Waals surface area (Å²) in [5.74, 6) is -0.696. The molecule has 6 nitrogen and oxygen atoms in total. The molecule has 0 radical (unpaired) electrons. The molecule has 0 aromatic carbocycles. The number of ketones is 1. The molecule has 1 fully saturated rings. The molecular weight excluding hydrogens is 272 g/mol. The average molecular weight is 298 g/mol. The van der Waals surface area contributed by atoms with Crippen LogP contribution in [0.1, 0.15) is 46.5 Å². The highest BCUT2D eigenvalue weighted by atomic mass is 16.5. The Kier molecular flexibility index (Phi) is 6.33. The molecule has 0 saturated carbocycles. The second kappa shape index (κ2) is 7.54. The minimum atomic E-state index is -0.722. The van der Waals surface area contributed by atoms with E-state index in [1.807, 2.05) is 6.92 Å². The Balaban J connectivity index is 2.55. The molecule has 0 aromatic rings. The number of nitrogens with one attached hydrogen (secondary N) is 1. The minimum Gasteiger partial charge on any atom is -0.373 e. The third kappa shape index (κ3) is 5.12. The van der Waals surface area contributed by atoms with Crippen molar-refractivity contribution in [2.45, 2.75) is 52.5 Å². The number of ether oxygens (including phenoxy) is 1. The van der Waals surface area contributed by atoms with Crippen molar-refractivity contribution in [3.05, 3.63) is 0 Å². The number of amides is 2. The third-order valence-electron chi connectivity index (χ3n) is 4.01. The Morgan fingerprint density at radius 2 is 2.10 bits per heavy atom. The molecule has 0 aliphatic carbocycles. The quantitative estimate of drug-likeness (QED) is 0.725. The lowest BCUT2D eigenvalue weighted by Gasteiger charge is -2.31. The number of hydrogen-bond acceptors (Lipinski definition) is 4. The second-order valence-corrected chi connectivity index (χ2v) is 6.32. The van der Waals surface area contributed by atoms with Gasteiger partial charge in [0.25, 0.3) is 0 Å². The second-order valence-electron chi connectivity index (χ2n) is 6.32. The zero-order valence-corrected chi connectivity index (χ0v) is 13.1. The molecular formula is C15H26N2O4. The molecule has 1 rings (SSSR count). The molecule has 2 amide bonds. The summed E-state index contributed by atoms with van der Waals surface area (Å²) in [5.41, 5.74) is 4.56. The van der Waals surface area contributed by atoms with Crippen LogP contribution in [0.2, 0.25) is 0 Å². The minimum absolute atomic E-state index is 0.0318. The van der Waals surface area contributed by atoms with Gasteiger partial charge in [0.2, 0.25) is 11.8 Å². The van der Waals surface area contributed by atoms with Gasteiger partial charge in [-0.3, -0.25) is 14.4 Å². The molecule has 1 aliphatic heterocycles. The smallest absolute Gasteiger partial charge is 0.223 e. The summed E-state index contributed by atoms with van der Waals surface area (Å²) < 4.78 is 5.24. The lowest BCUT2D eigenvalue weighted by molar-refractivity contribution is -0.138. The van der Waals surface area contributed by atoms with Crippen molar-refractivity contribution in [3.8, 4) is 0 Å². The van der Waals surface area contributed by atoms with Crippen LogP contribution in [0.4, 0.5) is 0 Å². The van der Waals surface area contributed by atoms with Gasteiger partial charge in [-0.1, -0.05) is 27.2 Å². The van der Waals surface area contributed by atoms with Gasteiger partial charge in [-0.05, 0) is 12.8 Å². The molecule has 1 heterocycles. The van der Waals surface area contributed by atoms with Crippen molar-refractivity contribution in [2.75, 3.05) is 13.2 Å². The monoisotopic (exact) mass is 298 g/mol. The highest BCUT2D eigenvalue weighted by Gasteiger charge is 2.33. The predicted molar refractivity (Wildman–Crippen MR) is 78.4 cm³/mol. The van der Waals surface area contributed by atoms with E-state index in [4.69, 9.17) is 10.5 Å². The number of hydrogen-bond donors (Lipinski definition) is 2. The van der Waals surface area contributed by atoms with Crippen LogP contribution >= 0.6 is 0 Å². The van der Waals surface area contributed by atoms with Crippen molar-refractivity contribution in [3.63, 3.8) is 0 Å². The van der Waals surface area contributed by atoms with Crippen LogP contribution in [0.25, 0.3) is 0 Å². The van der Waals surface area contributed by atoms with E-state index in [1.54, 1.807) is 13.8 Å². The van der Waals surface area contributed by atoms with E-state index in [-0.39, 0.29) is 30.6 Å². The number of Topliss-reactive ketones (excluding diaryl/α,β-unsaturated/α-hetero) is 1. The van der Waals surface area contributed by atoms with E-state index in [1.165, 1.54) is 0 Å². The van der Waals surface area contributed by atoms with Crippen LogP contribution < -0.4 is 11.1 Å². The summed E-state index contributed by atoms with van der Waals surface area (Å²) in [6.45, 7) is 6.01. The van der Waals surface area contributed by atoms with Crippen molar-refractivity contribution < 1.29 is 19.1 Å². The summed E-state index contributed by atoms with van der Waals surface area (Å²) in [7, 11) is 0. The Labute approximate surface area is 125 Å². The first kappa shape index (κ1) is 17.6. The van der Waals surface area contributed by atoms with Gasteiger partial charge < -0.3 is 15.8 Å². The number of primary amides is 1. The Bertz CT molecular complexity index is 404. The maximum Gasteiger partial charge on any atom is 0.223 e. The summed E-state index contributed by atoms with van der Waals surface area (Å²) in [6, 6.07) is -0.470. The number of carbonyl (C=O) groups excluding carboxylic acids is 3. The molecule has 3 N–H and O–H groups in total. The Hall–Kier alpha value is -1.43. The standard InChI is InChI=1S/C15H26N2O4/c1-4-5-10-8-21-9-11(18)13(10)17-12(19)6-7-15(2,3)14(16)20/h10,13H,4-9H2,1-3H3,(H2,16,20)(H,17,19). The maximum atomic E-state index is 12.0. The molecule has 2 unspecified atom stereocenters. The zero-order chi connectivity index (χ0) is 16.0. The van der Waals surface area contributed by atoms with Crippen molar-refractivity contribution >= 4 is 17.6 Å². The maximum absolute atomic E-state index is 12.0. The molecule has 120 valence electrons. The topological polar surface area (TPSA) is 98.5 Å².